The summed E-state index contributed by atoms with van der Waals surface area (Å²) in [5.74, 6) is 1.78. The third-order valence-electron chi connectivity index (χ3n) is 4.64. The van der Waals surface area contributed by atoms with E-state index in [9.17, 15) is 5.11 Å². The smallest absolute Gasteiger partial charge is 0.134 e. The average molecular weight is 386 g/mol. The van der Waals surface area contributed by atoms with E-state index in [0.717, 1.165) is 35.5 Å². The Bertz CT molecular complexity index is 797. The SMILES string of the molecule is CCCC(NCc1ccc(-c2ccc(C(C)O)cc2)o1)c1ccccc1.Cl. The van der Waals surface area contributed by atoms with Gasteiger partial charge in [-0.2, -0.15) is 0 Å². The van der Waals surface area contributed by atoms with Crippen molar-refractivity contribution in [1.82, 2.24) is 5.32 Å². The Balaban J connectivity index is 0.00000261. The monoisotopic (exact) mass is 385 g/mol. The molecule has 1 heterocycles. The molecule has 0 saturated carbocycles. The van der Waals surface area contributed by atoms with E-state index in [0.29, 0.717) is 12.6 Å². The van der Waals surface area contributed by atoms with Crippen LogP contribution in [0.3, 0.4) is 0 Å². The van der Waals surface area contributed by atoms with Crippen molar-refractivity contribution in [2.75, 3.05) is 0 Å². The minimum Gasteiger partial charge on any atom is -0.460 e. The van der Waals surface area contributed by atoms with Crippen molar-refractivity contribution in [3.63, 3.8) is 0 Å². The molecule has 3 aromatic rings. The number of hydrogen-bond acceptors (Lipinski definition) is 3. The van der Waals surface area contributed by atoms with Gasteiger partial charge in [0.05, 0.1) is 12.6 Å². The van der Waals surface area contributed by atoms with Gasteiger partial charge in [0.25, 0.3) is 0 Å². The van der Waals surface area contributed by atoms with Gasteiger partial charge in [-0.15, -0.1) is 12.4 Å². The Morgan fingerprint density at radius 2 is 1.63 bits per heavy atom. The Kier molecular flexibility index (Phi) is 8.11. The van der Waals surface area contributed by atoms with Crippen molar-refractivity contribution in [2.24, 2.45) is 0 Å². The van der Waals surface area contributed by atoms with Gasteiger partial charge in [-0.1, -0.05) is 67.9 Å². The van der Waals surface area contributed by atoms with Crippen LogP contribution in [0.2, 0.25) is 0 Å². The molecule has 0 aliphatic heterocycles. The molecule has 0 bridgehead atoms. The molecule has 0 saturated heterocycles. The Labute approximate surface area is 167 Å². The van der Waals surface area contributed by atoms with Crippen LogP contribution in [0.5, 0.6) is 0 Å². The Morgan fingerprint density at radius 3 is 2.26 bits per heavy atom. The predicted molar refractivity (Wildman–Crippen MR) is 113 cm³/mol. The molecule has 27 heavy (non-hydrogen) atoms. The summed E-state index contributed by atoms with van der Waals surface area (Å²) in [4.78, 5) is 0. The molecular weight excluding hydrogens is 358 g/mol. The maximum Gasteiger partial charge on any atom is 0.134 e. The normalized spacial score (nSPS) is 13.0. The molecule has 4 heteroatoms. The number of furan rings is 1. The summed E-state index contributed by atoms with van der Waals surface area (Å²) in [6.07, 6.45) is 1.78. The first-order valence-electron chi connectivity index (χ1n) is 9.33. The largest absolute Gasteiger partial charge is 0.460 e. The van der Waals surface area contributed by atoms with Gasteiger partial charge in [-0.3, -0.25) is 0 Å². The van der Waals surface area contributed by atoms with E-state index in [4.69, 9.17) is 4.42 Å². The molecule has 3 rings (SSSR count). The first-order valence-corrected chi connectivity index (χ1v) is 9.33. The molecule has 1 aromatic heterocycles. The zero-order valence-electron chi connectivity index (χ0n) is 15.9. The maximum absolute atomic E-state index is 9.62. The summed E-state index contributed by atoms with van der Waals surface area (Å²) < 4.78 is 6.01. The second-order valence-electron chi connectivity index (χ2n) is 6.70. The third kappa shape index (κ3) is 5.70. The highest BCUT2D eigenvalue weighted by molar-refractivity contribution is 5.85. The lowest BCUT2D eigenvalue weighted by atomic mass is 10.0. The highest BCUT2D eigenvalue weighted by atomic mass is 35.5. The zero-order valence-corrected chi connectivity index (χ0v) is 16.7. The number of benzene rings is 2. The lowest BCUT2D eigenvalue weighted by Gasteiger charge is -2.17. The minimum atomic E-state index is -0.450. The number of halogens is 1. The lowest BCUT2D eigenvalue weighted by Crippen LogP contribution is -2.20. The molecule has 2 atom stereocenters. The van der Waals surface area contributed by atoms with Crippen molar-refractivity contribution in [2.45, 2.75) is 45.4 Å². The second-order valence-corrected chi connectivity index (χ2v) is 6.70. The van der Waals surface area contributed by atoms with Gasteiger partial charge in [0.2, 0.25) is 0 Å². The van der Waals surface area contributed by atoms with Gasteiger partial charge in [0, 0.05) is 11.6 Å². The topological polar surface area (TPSA) is 45.4 Å². The van der Waals surface area contributed by atoms with Gasteiger partial charge in [0.1, 0.15) is 11.5 Å². The molecular formula is C23H28ClNO2. The van der Waals surface area contributed by atoms with Crippen LogP contribution in [0, 0.1) is 0 Å². The van der Waals surface area contributed by atoms with Crippen molar-refractivity contribution < 1.29 is 9.52 Å². The zero-order chi connectivity index (χ0) is 18.4. The molecule has 0 aliphatic rings. The van der Waals surface area contributed by atoms with Crippen LogP contribution in [0.4, 0.5) is 0 Å². The van der Waals surface area contributed by atoms with Crippen LogP contribution >= 0.6 is 12.4 Å². The van der Waals surface area contributed by atoms with Crippen molar-refractivity contribution in [3.8, 4) is 11.3 Å². The van der Waals surface area contributed by atoms with E-state index >= 15 is 0 Å². The molecule has 3 nitrogen and oxygen atoms in total. The number of hydrogen-bond donors (Lipinski definition) is 2. The van der Waals surface area contributed by atoms with Gasteiger partial charge in [0.15, 0.2) is 0 Å². The fourth-order valence-corrected chi connectivity index (χ4v) is 3.14. The van der Waals surface area contributed by atoms with Crippen LogP contribution in [0.25, 0.3) is 11.3 Å². The quantitative estimate of drug-likeness (QED) is 0.495. The molecule has 0 aliphatic carbocycles. The Morgan fingerprint density at radius 1 is 0.926 bits per heavy atom. The molecule has 144 valence electrons. The summed E-state index contributed by atoms with van der Waals surface area (Å²) in [7, 11) is 0. The summed E-state index contributed by atoms with van der Waals surface area (Å²) in [5.41, 5.74) is 3.25. The molecule has 2 unspecified atom stereocenters. The molecule has 0 fully saturated rings. The molecule has 2 aromatic carbocycles. The molecule has 2 N–H and O–H groups in total. The molecule has 0 radical (unpaired) electrons. The van der Waals surface area contributed by atoms with Crippen LogP contribution in [-0.2, 0) is 6.54 Å². The number of aliphatic hydroxyl groups is 1. The fraction of sp³-hybridized carbons (Fsp3) is 0.304. The van der Waals surface area contributed by atoms with E-state index in [1.807, 2.05) is 42.5 Å². The number of nitrogens with one attached hydrogen (secondary N) is 1. The molecule has 0 amide bonds. The van der Waals surface area contributed by atoms with E-state index in [2.05, 4.69) is 36.5 Å². The van der Waals surface area contributed by atoms with E-state index < -0.39 is 6.10 Å². The van der Waals surface area contributed by atoms with E-state index in [1.54, 1.807) is 6.92 Å². The van der Waals surface area contributed by atoms with Gasteiger partial charge in [-0.25, -0.2) is 0 Å². The highest BCUT2D eigenvalue weighted by Gasteiger charge is 2.11. The lowest BCUT2D eigenvalue weighted by molar-refractivity contribution is 0.199. The van der Waals surface area contributed by atoms with Crippen LogP contribution in [0.15, 0.2) is 71.1 Å². The summed E-state index contributed by atoms with van der Waals surface area (Å²) >= 11 is 0. The van der Waals surface area contributed by atoms with Crippen molar-refractivity contribution >= 4 is 12.4 Å². The predicted octanol–water partition coefficient (Wildman–Crippen LogP) is 6.05. The summed E-state index contributed by atoms with van der Waals surface area (Å²) in [6.45, 7) is 4.68. The van der Waals surface area contributed by atoms with Crippen LogP contribution < -0.4 is 5.32 Å². The minimum absolute atomic E-state index is 0. The van der Waals surface area contributed by atoms with E-state index in [-0.39, 0.29) is 12.4 Å². The highest BCUT2D eigenvalue weighted by Crippen LogP contribution is 2.25. The van der Waals surface area contributed by atoms with Crippen LogP contribution in [0.1, 0.15) is 55.7 Å². The molecule has 0 spiro atoms. The van der Waals surface area contributed by atoms with E-state index in [1.165, 1.54) is 5.56 Å². The standard InChI is InChI=1S/C23H27NO2.ClH/c1-3-7-22(19-8-5-4-6-9-19)24-16-21-14-15-23(26-21)20-12-10-18(11-13-20)17(2)25;/h4-6,8-15,17,22,24-25H,3,7,16H2,1-2H3;1H. The summed E-state index contributed by atoms with van der Waals surface area (Å²) in [6, 6.07) is 22.8. The average Bonchev–Trinajstić information content (AvgIpc) is 3.15. The van der Waals surface area contributed by atoms with Gasteiger partial charge in [-0.05, 0) is 36.6 Å². The third-order valence-corrected chi connectivity index (χ3v) is 4.64. The summed E-state index contributed by atoms with van der Waals surface area (Å²) in [5, 5.41) is 13.2. The number of aliphatic hydroxyl groups excluding tert-OH is 1. The fourth-order valence-electron chi connectivity index (χ4n) is 3.14. The number of rotatable bonds is 8. The second kappa shape index (κ2) is 10.3. The maximum atomic E-state index is 9.62. The van der Waals surface area contributed by atoms with Gasteiger partial charge < -0.3 is 14.8 Å². The first kappa shape index (κ1) is 21.2. The Hall–Kier alpha value is -2.07. The van der Waals surface area contributed by atoms with Gasteiger partial charge >= 0.3 is 0 Å². The van der Waals surface area contributed by atoms with Crippen molar-refractivity contribution in [3.05, 3.63) is 83.6 Å². The first-order chi connectivity index (χ1) is 12.7. The van der Waals surface area contributed by atoms with Crippen LogP contribution in [-0.4, -0.2) is 5.11 Å². The van der Waals surface area contributed by atoms with Crippen molar-refractivity contribution in [1.29, 1.82) is 0 Å².